The molecule has 0 N–H and O–H groups in total. The van der Waals surface area contributed by atoms with Gasteiger partial charge in [0.05, 0.1) is 6.54 Å². The highest BCUT2D eigenvalue weighted by atomic mass is 16.2. The van der Waals surface area contributed by atoms with Gasteiger partial charge in [-0.15, -0.1) is 5.10 Å². The number of aromatic nitrogens is 4. The van der Waals surface area contributed by atoms with Crippen molar-refractivity contribution in [3.63, 3.8) is 0 Å². The molecule has 0 radical (unpaired) electrons. The van der Waals surface area contributed by atoms with Crippen molar-refractivity contribution < 1.29 is 9.59 Å². The van der Waals surface area contributed by atoms with E-state index in [2.05, 4.69) is 15.5 Å². The summed E-state index contributed by atoms with van der Waals surface area (Å²) in [5.74, 6) is 1.71. The molecule has 126 valence electrons. The summed E-state index contributed by atoms with van der Waals surface area (Å²) in [6, 6.07) is 0. The van der Waals surface area contributed by atoms with Crippen LogP contribution in [0.15, 0.2) is 0 Å². The van der Waals surface area contributed by atoms with Crippen LogP contribution < -0.4 is 0 Å². The molecule has 2 amide bonds. The lowest BCUT2D eigenvalue weighted by Crippen LogP contribution is -2.42. The maximum absolute atomic E-state index is 12.3. The number of aryl methyl sites for hydroxylation is 2. The van der Waals surface area contributed by atoms with E-state index in [4.69, 9.17) is 0 Å². The molecule has 2 aliphatic heterocycles. The normalized spacial score (nSPS) is 19.6. The third kappa shape index (κ3) is 3.86. The minimum absolute atomic E-state index is 0.163. The van der Waals surface area contributed by atoms with Crippen LogP contribution in [0.2, 0.25) is 0 Å². The molecule has 0 unspecified atom stereocenters. The second-order valence-corrected chi connectivity index (χ2v) is 6.47. The number of rotatable bonds is 5. The van der Waals surface area contributed by atoms with Crippen molar-refractivity contribution in [1.82, 2.24) is 30.0 Å². The molecule has 0 spiro atoms. The average molecular weight is 320 g/mol. The van der Waals surface area contributed by atoms with E-state index in [1.807, 2.05) is 16.7 Å². The summed E-state index contributed by atoms with van der Waals surface area (Å²) in [6.45, 7) is 5.71. The number of carbonyl (C=O) groups is 2. The smallest absolute Gasteiger partial charge is 0.224 e. The second-order valence-electron chi connectivity index (χ2n) is 6.47. The molecule has 2 aliphatic rings. The Morgan fingerprint density at radius 2 is 2.04 bits per heavy atom. The van der Waals surface area contributed by atoms with Gasteiger partial charge >= 0.3 is 0 Å². The maximum atomic E-state index is 12.3. The zero-order chi connectivity index (χ0) is 16.2. The number of carbonyl (C=O) groups excluding carboxylic acids is 2. The Bertz CT molecular complexity index is 564. The molecule has 0 saturated carbocycles. The van der Waals surface area contributed by atoms with Gasteiger partial charge in [0.15, 0.2) is 0 Å². The Morgan fingerprint density at radius 1 is 1.26 bits per heavy atom. The summed E-state index contributed by atoms with van der Waals surface area (Å²) < 4.78 is 1.66. The number of tetrazole rings is 1. The van der Waals surface area contributed by atoms with Gasteiger partial charge in [-0.25, -0.2) is 4.68 Å². The number of piperidine rings is 1. The van der Waals surface area contributed by atoms with Crippen LogP contribution in [-0.4, -0.2) is 68.0 Å². The van der Waals surface area contributed by atoms with E-state index in [1.54, 1.807) is 4.68 Å². The fraction of sp³-hybridized carbons (Fsp3) is 0.800. The fourth-order valence-corrected chi connectivity index (χ4v) is 3.39. The van der Waals surface area contributed by atoms with Crippen molar-refractivity contribution >= 4 is 11.8 Å². The molecule has 23 heavy (non-hydrogen) atoms. The van der Waals surface area contributed by atoms with Crippen molar-refractivity contribution in [3.8, 4) is 0 Å². The molecule has 1 aromatic heterocycles. The van der Waals surface area contributed by atoms with Crippen molar-refractivity contribution in [3.05, 3.63) is 5.82 Å². The summed E-state index contributed by atoms with van der Waals surface area (Å²) >= 11 is 0. The first kappa shape index (κ1) is 15.9. The summed E-state index contributed by atoms with van der Waals surface area (Å²) in [5, 5.41) is 11.3. The predicted molar refractivity (Wildman–Crippen MR) is 82.3 cm³/mol. The second kappa shape index (κ2) is 7.06. The lowest BCUT2D eigenvalue weighted by atomic mass is 9.96. The predicted octanol–water partition coefficient (Wildman–Crippen LogP) is 0.233. The Labute approximate surface area is 135 Å². The van der Waals surface area contributed by atoms with E-state index >= 15 is 0 Å². The zero-order valence-corrected chi connectivity index (χ0v) is 13.6. The van der Waals surface area contributed by atoms with Crippen LogP contribution in [0.5, 0.6) is 0 Å². The Kier molecular flexibility index (Phi) is 4.88. The maximum Gasteiger partial charge on any atom is 0.224 e. The molecule has 8 heteroatoms. The highest BCUT2D eigenvalue weighted by Gasteiger charge is 2.27. The van der Waals surface area contributed by atoms with Gasteiger partial charge in [-0.2, -0.15) is 0 Å². The Balaban J connectivity index is 1.40. The topological polar surface area (TPSA) is 84.2 Å². The summed E-state index contributed by atoms with van der Waals surface area (Å²) in [5.41, 5.74) is 0. The van der Waals surface area contributed by atoms with Crippen molar-refractivity contribution in [2.45, 2.75) is 45.6 Å². The van der Waals surface area contributed by atoms with Crippen LogP contribution in [-0.2, 0) is 16.1 Å². The van der Waals surface area contributed by atoms with Crippen LogP contribution in [0, 0.1) is 12.8 Å². The van der Waals surface area contributed by atoms with Crippen LogP contribution in [0.1, 0.15) is 37.9 Å². The first-order chi connectivity index (χ1) is 11.1. The van der Waals surface area contributed by atoms with E-state index in [0.717, 1.165) is 51.3 Å². The highest BCUT2D eigenvalue weighted by Crippen LogP contribution is 2.21. The van der Waals surface area contributed by atoms with Crippen LogP contribution in [0.25, 0.3) is 0 Å². The molecular weight excluding hydrogens is 296 g/mol. The van der Waals surface area contributed by atoms with E-state index in [1.165, 1.54) is 0 Å². The van der Waals surface area contributed by atoms with Gasteiger partial charge in [0.2, 0.25) is 11.8 Å². The van der Waals surface area contributed by atoms with Crippen molar-refractivity contribution in [1.29, 1.82) is 0 Å². The van der Waals surface area contributed by atoms with Crippen molar-refractivity contribution in [2.24, 2.45) is 5.92 Å². The number of amides is 2. The minimum Gasteiger partial charge on any atom is -0.343 e. The molecule has 8 nitrogen and oxygen atoms in total. The van der Waals surface area contributed by atoms with E-state index in [9.17, 15) is 9.59 Å². The number of hydrogen-bond donors (Lipinski definition) is 0. The number of nitrogens with zero attached hydrogens (tertiary/aromatic N) is 6. The summed E-state index contributed by atoms with van der Waals surface area (Å²) in [4.78, 5) is 27.9. The molecule has 3 rings (SSSR count). The van der Waals surface area contributed by atoms with Gasteiger partial charge in [0.25, 0.3) is 0 Å². The first-order valence-corrected chi connectivity index (χ1v) is 8.42. The molecule has 3 heterocycles. The van der Waals surface area contributed by atoms with E-state index < -0.39 is 0 Å². The molecule has 0 aromatic carbocycles. The average Bonchev–Trinajstić information content (AvgIpc) is 3.14. The van der Waals surface area contributed by atoms with Crippen LogP contribution >= 0.6 is 0 Å². The standard InChI is InChI=1S/C15H24N6O2/c1-12-16-17-18-21(12)10-6-15(23)19-8-4-13(5-9-19)11-20-7-2-3-14(20)22/h13H,2-11H2,1H3. The monoisotopic (exact) mass is 320 g/mol. The van der Waals surface area contributed by atoms with Crippen LogP contribution in [0.4, 0.5) is 0 Å². The molecule has 0 aliphatic carbocycles. The van der Waals surface area contributed by atoms with Crippen LogP contribution in [0.3, 0.4) is 0 Å². The zero-order valence-electron chi connectivity index (χ0n) is 13.6. The van der Waals surface area contributed by atoms with Gasteiger partial charge in [0, 0.05) is 39.0 Å². The SMILES string of the molecule is Cc1nnnn1CCC(=O)N1CCC(CN2CCCC2=O)CC1. The highest BCUT2D eigenvalue weighted by molar-refractivity contribution is 5.78. The third-order valence-electron chi connectivity index (χ3n) is 4.87. The molecular formula is C15H24N6O2. The molecule has 2 saturated heterocycles. The van der Waals surface area contributed by atoms with Gasteiger partial charge in [-0.3, -0.25) is 9.59 Å². The largest absolute Gasteiger partial charge is 0.343 e. The minimum atomic E-state index is 0.163. The van der Waals surface area contributed by atoms with Gasteiger partial charge < -0.3 is 9.80 Å². The lowest BCUT2D eigenvalue weighted by molar-refractivity contribution is -0.134. The van der Waals surface area contributed by atoms with Gasteiger partial charge in [-0.05, 0) is 42.5 Å². The quantitative estimate of drug-likeness (QED) is 0.775. The summed E-state index contributed by atoms with van der Waals surface area (Å²) in [6.07, 6.45) is 4.10. The molecule has 0 bridgehead atoms. The summed E-state index contributed by atoms with van der Waals surface area (Å²) in [7, 11) is 0. The molecule has 2 fully saturated rings. The van der Waals surface area contributed by atoms with Crippen molar-refractivity contribution in [2.75, 3.05) is 26.2 Å². The van der Waals surface area contributed by atoms with E-state index in [0.29, 0.717) is 31.2 Å². The van der Waals surface area contributed by atoms with Gasteiger partial charge in [0.1, 0.15) is 5.82 Å². The first-order valence-electron chi connectivity index (χ1n) is 8.42. The lowest BCUT2D eigenvalue weighted by Gasteiger charge is -2.34. The number of likely N-dealkylation sites (tertiary alicyclic amines) is 2. The third-order valence-corrected chi connectivity index (χ3v) is 4.87. The number of hydrogen-bond acceptors (Lipinski definition) is 5. The van der Waals surface area contributed by atoms with Gasteiger partial charge in [-0.1, -0.05) is 0 Å². The Hall–Kier alpha value is -1.99. The Morgan fingerprint density at radius 3 is 2.65 bits per heavy atom. The molecule has 1 aromatic rings. The van der Waals surface area contributed by atoms with E-state index in [-0.39, 0.29) is 5.91 Å². The molecule has 0 atom stereocenters. The fourth-order valence-electron chi connectivity index (χ4n) is 3.39.